The van der Waals surface area contributed by atoms with E-state index in [2.05, 4.69) is 6.07 Å². The maximum Gasteiger partial charge on any atom is 0.393 e. The maximum atomic E-state index is 13.0. The molecule has 2 fully saturated rings. The van der Waals surface area contributed by atoms with Gasteiger partial charge in [0.15, 0.2) is 0 Å². The molecule has 1 saturated carbocycles. The molecular formula is C16H17F3N2. The summed E-state index contributed by atoms with van der Waals surface area (Å²) < 4.78 is 38.9. The predicted octanol–water partition coefficient (Wildman–Crippen LogP) is 4.21. The molecule has 3 rings (SSSR count). The van der Waals surface area contributed by atoms with Crippen LogP contribution in [0, 0.1) is 17.2 Å². The molecule has 1 aromatic carbocycles. The van der Waals surface area contributed by atoms with Gasteiger partial charge in [0.2, 0.25) is 0 Å². The largest absolute Gasteiger partial charge is 0.393 e. The van der Waals surface area contributed by atoms with Gasteiger partial charge >= 0.3 is 6.18 Å². The smallest absolute Gasteiger partial charge is 0.371 e. The van der Waals surface area contributed by atoms with Crippen LogP contribution in [0.4, 0.5) is 18.9 Å². The number of piperidine rings is 1. The third-order valence-corrected chi connectivity index (χ3v) is 4.40. The van der Waals surface area contributed by atoms with E-state index in [0.29, 0.717) is 24.4 Å². The second-order valence-corrected chi connectivity index (χ2v) is 5.99. The molecule has 0 spiro atoms. The van der Waals surface area contributed by atoms with E-state index in [0.717, 1.165) is 24.1 Å². The molecule has 5 heteroatoms. The predicted molar refractivity (Wildman–Crippen MR) is 74.1 cm³/mol. The highest BCUT2D eigenvalue weighted by Crippen LogP contribution is 2.46. The van der Waals surface area contributed by atoms with Crippen LogP contribution in [0.2, 0.25) is 0 Å². The van der Waals surface area contributed by atoms with Crippen LogP contribution >= 0.6 is 0 Å². The first-order chi connectivity index (χ1) is 9.99. The molecule has 1 aromatic rings. The number of rotatable bonds is 2. The Balaban J connectivity index is 1.88. The Labute approximate surface area is 122 Å². The summed E-state index contributed by atoms with van der Waals surface area (Å²) in [6.07, 6.45) is -1.20. The molecule has 1 aliphatic heterocycles. The molecule has 0 bridgehead atoms. The van der Waals surface area contributed by atoms with E-state index < -0.39 is 12.1 Å². The van der Waals surface area contributed by atoms with Crippen molar-refractivity contribution < 1.29 is 13.2 Å². The summed E-state index contributed by atoms with van der Waals surface area (Å²) in [7, 11) is 0. The van der Waals surface area contributed by atoms with E-state index in [1.165, 1.54) is 0 Å². The van der Waals surface area contributed by atoms with E-state index >= 15 is 0 Å². The fourth-order valence-electron chi connectivity index (χ4n) is 3.10. The molecule has 21 heavy (non-hydrogen) atoms. The first-order valence-electron chi connectivity index (χ1n) is 7.34. The zero-order valence-corrected chi connectivity index (χ0v) is 11.7. The lowest BCUT2D eigenvalue weighted by Gasteiger charge is -2.36. The number of alkyl halides is 3. The Morgan fingerprint density at radius 3 is 2.57 bits per heavy atom. The second kappa shape index (κ2) is 5.25. The number of nitrogens with zero attached hydrogens (tertiary/aromatic N) is 2. The van der Waals surface area contributed by atoms with Gasteiger partial charge in [0.1, 0.15) is 0 Å². The van der Waals surface area contributed by atoms with Crippen molar-refractivity contribution in [1.29, 1.82) is 5.26 Å². The molecule has 1 unspecified atom stereocenters. The van der Waals surface area contributed by atoms with Crippen LogP contribution in [0.1, 0.15) is 42.7 Å². The monoisotopic (exact) mass is 294 g/mol. The lowest BCUT2D eigenvalue weighted by atomic mass is 9.95. The molecule has 1 heterocycles. The Morgan fingerprint density at radius 2 is 1.95 bits per heavy atom. The van der Waals surface area contributed by atoms with E-state index in [1.54, 1.807) is 6.07 Å². The zero-order chi connectivity index (χ0) is 15.0. The van der Waals surface area contributed by atoms with Crippen molar-refractivity contribution in [1.82, 2.24) is 0 Å². The van der Waals surface area contributed by atoms with Gasteiger partial charge in [0.25, 0.3) is 0 Å². The Morgan fingerprint density at radius 1 is 1.19 bits per heavy atom. The molecule has 0 radical (unpaired) electrons. The average Bonchev–Trinajstić information content (AvgIpc) is 3.30. The quantitative estimate of drug-likeness (QED) is 0.816. The van der Waals surface area contributed by atoms with Gasteiger partial charge in [-0.05, 0) is 55.4 Å². The average molecular weight is 294 g/mol. The molecule has 112 valence electrons. The third-order valence-electron chi connectivity index (χ3n) is 4.40. The SMILES string of the molecule is N#Cc1ccc(N2CCCC(C(F)(F)F)C2)c(C2CC2)c1. The van der Waals surface area contributed by atoms with E-state index in [4.69, 9.17) is 5.26 Å². The number of hydrogen-bond acceptors (Lipinski definition) is 2. The van der Waals surface area contributed by atoms with Crippen molar-refractivity contribution in [2.75, 3.05) is 18.0 Å². The minimum atomic E-state index is -4.12. The van der Waals surface area contributed by atoms with E-state index in [1.807, 2.05) is 17.0 Å². The van der Waals surface area contributed by atoms with Crippen LogP contribution in [-0.2, 0) is 0 Å². The van der Waals surface area contributed by atoms with Gasteiger partial charge in [-0.2, -0.15) is 18.4 Å². The van der Waals surface area contributed by atoms with Crippen LogP contribution < -0.4 is 4.90 Å². The highest BCUT2D eigenvalue weighted by molar-refractivity contribution is 5.59. The first-order valence-corrected chi connectivity index (χ1v) is 7.34. The van der Waals surface area contributed by atoms with Gasteiger partial charge in [0, 0.05) is 18.8 Å². The molecule has 1 saturated heterocycles. The molecule has 0 aromatic heterocycles. The van der Waals surface area contributed by atoms with Gasteiger partial charge in [-0.1, -0.05) is 0 Å². The second-order valence-electron chi connectivity index (χ2n) is 5.99. The van der Waals surface area contributed by atoms with Crippen molar-refractivity contribution >= 4 is 5.69 Å². The van der Waals surface area contributed by atoms with Gasteiger partial charge < -0.3 is 4.90 Å². The molecule has 1 aliphatic carbocycles. The van der Waals surface area contributed by atoms with Crippen LogP contribution in [0.25, 0.3) is 0 Å². The lowest BCUT2D eigenvalue weighted by molar-refractivity contribution is -0.176. The summed E-state index contributed by atoms with van der Waals surface area (Å²) in [5, 5.41) is 9.00. The van der Waals surface area contributed by atoms with Crippen molar-refractivity contribution in [3.05, 3.63) is 29.3 Å². The van der Waals surface area contributed by atoms with E-state index in [-0.39, 0.29) is 13.0 Å². The van der Waals surface area contributed by atoms with Crippen LogP contribution in [-0.4, -0.2) is 19.3 Å². The molecule has 0 N–H and O–H groups in total. The normalized spacial score (nSPS) is 23.0. The number of anilines is 1. The first kappa shape index (κ1) is 14.2. The maximum absolute atomic E-state index is 13.0. The van der Waals surface area contributed by atoms with Gasteiger partial charge in [-0.3, -0.25) is 0 Å². The lowest BCUT2D eigenvalue weighted by Crippen LogP contribution is -2.42. The molecule has 2 aliphatic rings. The zero-order valence-electron chi connectivity index (χ0n) is 11.7. The van der Waals surface area contributed by atoms with Gasteiger partial charge in [0.05, 0.1) is 17.6 Å². The Kier molecular flexibility index (Phi) is 3.56. The van der Waals surface area contributed by atoms with Crippen molar-refractivity contribution in [3.63, 3.8) is 0 Å². The minimum absolute atomic E-state index is 0.0368. The number of nitriles is 1. The summed E-state index contributed by atoms with van der Waals surface area (Å²) in [6, 6.07) is 7.50. The molecular weight excluding hydrogens is 277 g/mol. The van der Waals surface area contributed by atoms with Crippen molar-refractivity contribution in [2.24, 2.45) is 5.92 Å². The van der Waals surface area contributed by atoms with Crippen LogP contribution in [0.5, 0.6) is 0 Å². The summed E-state index contributed by atoms with van der Waals surface area (Å²) >= 11 is 0. The standard InChI is InChI=1S/C16H17F3N2/c17-16(18,19)13-2-1-7-21(10-13)15-6-3-11(9-20)8-14(15)12-4-5-12/h3,6,8,12-13H,1-2,4-5,7,10H2. The number of hydrogen-bond donors (Lipinski definition) is 0. The van der Waals surface area contributed by atoms with Crippen molar-refractivity contribution in [3.8, 4) is 6.07 Å². The van der Waals surface area contributed by atoms with Crippen LogP contribution in [0.3, 0.4) is 0 Å². The topological polar surface area (TPSA) is 27.0 Å². The summed E-state index contributed by atoms with van der Waals surface area (Å²) in [5.74, 6) is -0.825. The molecule has 2 nitrogen and oxygen atoms in total. The minimum Gasteiger partial charge on any atom is -0.371 e. The van der Waals surface area contributed by atoms with Crippen LogP contribution in [0.15, 0.2) is 18.2 Å². The Bertz CT molecular complexity index is 570. The van der Waals surface area contributed by atoms with Gasteiger partial charge in [-0.25, -0.2) is 0 Å². The highest BCUT2D eigenvalue weighted by atomic mass is 19.4. The van der Waals surface area contributed by atoms with Gasteiger partial charge in [-0.15, -0.1) is 0 Å². The summed E-state index contributed by atoms with van der Waals surface area (Å²) in [4.78, 5) is 1.86. The Hall–Kier alpha value is -1.70. The summed E-state index contributed by atoms with van der Waals surface area (Å²) in [6.45, 7) is 0.702. The number of benzene rings is 1. The van der Waals surface area contributed by atoms with Crippen molar-refractivity contribution in [2.45, 2.75) is 37.8 Å². The highest BCUT2D eigenvalue weighted by Gasteiger charge is 2.42. The fourth-order valence-corrected chi connectivity index (χ4v) is 3.10. The van der Waals surface area contributed by atoms with E-state index in [9.17, 15) is 13.2 Å². The molecule has 0 amide bonds. The summed E-state index contributed by atoms with van der Waals surface area (Å²) in [5.41, 5.74) is 2.53. The fraction of sp³-hybridized carbons (Fsp3) is 0.562. The third kappa shape index (κ3) is 2.99. The molecule has 1 atom stereocenters. The number of halogens is 3.